The van der Waals surface area contributed by atoms with Crippen LogP contribution < -0.4 is 15.4 Å². The van der Waals surface area contributed by atoms with Gasteiger partial charge >= 0.3 is 11.9 Å². The number of carbonyl (C=O) groups excluding carboxylic acids is 4. The number of rotatable bonds is 14. The van der Waals surface area contributed by atoms with Gasteiger partial charge in [0.1, 0.15) is 11.5 Å². The molecule has 0 radical (unpaired) electrons. The number of benzene rings is 4. The van der Waals surface area contributed by atoms with Gasteiger partial charge in [-0.3, -0.25) is 9.59 Å². The third-order valence-corrected chi connectivity index (χ3v) is 6.69. The first-order valence-electron chi connectivity index (χ1n) is 14.9. The van der Waals surface area contributed by atoms with Gasteiger partial charge in [-0.25, -0.2) is 9.59 Å². The summed E-state index contributed by atoms with van der Waals surface area (Å²) < 4.78 is 16.3. The molecule has 4 aromatic rings. The van der Waals surface area contributed by atoms with Gasteiger partial charge in [-0.15, -0.1) is 0 Å². The van der Waals surface area contributed by atoms with Gasteiger partial charge in [0.15, 0.2) is 0 Å². The van der Waals surface area contributed by atoms with Gasteiger partial charge in [0.05, 0.1) is 24.3 Å². The quantitative estimate of drug-likeness (QED) is 0.110. The number of ether oxygens (including phenoxy) is 3. The molecule has 0 bridgehead atoms. The van der Waals surface area contributed by atoms with E-state index in [2.05, 4.69) is 10.6 Å². The van der Waals surface area contributed by atoms with Gasteiger partial charge in [0, 0.05) is 22.5 Å². The minimum Gasteiger partial charge on any atom is -0.462 e. The number of nitrogens with one attached hydrogen (secondary N) is 2. The van der Waals surface area contributed by atoms with Crippen LogP contribution in [-0.4, -0.2) is 37.0 Å². The van der Waals surface area contributed by atoms with E-state index < -0.39 is 0 Å². The SMILES string of the molecule is CCCCOC(=O)c1ccc(NC(=O)c2ccc(Oc3ccc(C(=O)Nc4ccc(C(=O)OCCCC)cc4)cc3)cc2)cc1. The van der Waals surface area contributed by atoms with Crippen LogP contribution in [-0.2, 0) is 9.47 Å². The Bertz CT molecular complexity index is 1460. The van der Waals surface area contributed by atoms with Gasteiger partial charge < -0.3 is 24.8 Å². The Labute approximate surface area is 262 Å². The maximum atomic E-state index is 12.7. The molecule has 9 nitrogen and oxygen atoms in total. The molecule has 0 saturated carbocycles. The predicted octanol–water partition coefficient (Wildman–Crippen LogP) is 7.90. The van der Waals surface area contributed by atoms with E-state index in [0.29, 0.717) is 58.3 Å². The zero-order valence-electron chi connectivity index (χ0n) is 25.3. The Morgan fingerprint density at radius 2 is 0.822 bits per heavy atom. The highest BCUT2D eigenvalue weighted by molar-refractivity contribution is 6.05. The molecule has 232 valence electrons. The molecule has 4 rings (SSSR count). The van der Waals surface area contributed by atoms with E-state index in [1.807, 2.05) is 13.8 Å². The van der Waals surface area contributed by atoms with Gasteiger partial charge in [0.2, 0.25) is 0 Å². The fourth-order valence-corrected chi connectivity index (χ4v) is 4.06. The van der Waals surface area contributed by atoms with E-state index in [0.717, 1.165) is 25.7 Å². The molecular formula is C36H36N2O7. The van der Waals surface area contributed by atoms with Crippen molar-refractivity contribution < 1.29 is 33.4 Å². The molecule has 0 unspecified atom stereocenters. The summed E-state index contributed by atoms with van der Waals surface area (Å²) in [5.74, 6) is -0.362. The van der Waals surface area contributed by atoms with Crippen molar-refractivity contribution in [1.82, 2.24) is 0 Å². The van der Waals surface area contributed by atoms with Gasteiger partial charge in [0.25, 0.3) is 11.8 Å². The standard InChI is InChI=1S/C36H36N2O7/c1-3-5-23-43-35(41)27-7-15-29(16-8-27)37-33(39)25-11-19-31(20-12-25)45-32-21-13-26(14-22-32)34(40)38-30-17-9-28(10-18-30)36(42)44-24-6-4-2/h7-22H,3-6,23-24H2,1-2H3,(H,37,39)(H,38,40). The van der Waals surface area contributed by atoms with Gasteiger partial charge in [-0.05, 0) is 110 Å². The van der Waals surface area contributed by atoms with Crippen molar-refractivity contribution in [2.45, 2.75) is 39.5 Å². The van der Waals surface area contributed by atoms with Crippen LogP contribution in [0.15, 0.2) is 97.1 Å². The Kier molecular flexibility index (Phi) is 11.8. The Morgan fingerprint density at radius 1 is 0.489 bits per heavy atom. The van der Waals surface area contributed by atoms with Crippen LogP contribution in [0.2, 0.25) is 0 Å². The van der Waals surface area contributed by atoms with Crippen LogP contribution in [0.1, 0.15) is 81.0 Å². The molecule has 4 aromatic carbocycles. The van der Waals surface area contributed by atoms with E-state index in [4.69, 9.17) is 14.2 Å². The minimum absolute atomic E-state index is 0.309. The predicted molar refractivity (Wildman–Crippen MR) is 172 cm³/mol. The molecule has 0 aliphatic rings. The summed E-state index contributed by atoms with van der Waals surface area (Å²) in [6, 6.07) is 26.3. The highest BCUT2D eigenvalue weighted by Crippen LogP contribution is 2.23. The largest absolute Gasteiger partial charge is 0.462 e. The van der Waals surface area contributed by atoms with E-state index in [9.17, 15) is 19.2 Å². The topological polar surface area (TPSA) is 120 Å². The average molecular weight is 609 g/mol. The maximum Gasteiger partial charge on any atom is 0.338 e. The minimum atomic E-state index is -0.389. The molecule has 0 saturated heterocycles. The van der Waals surface area contributed by atoms with Crippen molar-refractivity contribution in [2.24, 2.45) is 0 Å². The molecule has 45 heavy (non-hydrogen) atoms. The molecular weight excluding hydrogens is 572 g/mol. The molecule has 2 N–H and O–H groups in total. The van der Waals surface area contributed by atoms with E-state index in [1.54, 1.807) is 97.1 Å². The Morgan fingerprint density at radius 3 is 1.16 bits per heavy atom. The van der Waals surface area contributed by atoms with Crippen molar-refractivity contribution in [3.8, 4) is 11.5 Å². The first-order valence-corrected chi connectivity index (χ1v) is 14.9. The molecule has 9 heteroatoms. The average Bonchev–Trinajstić information content (AvgIpc) is 3.06. The first kappa shape index (κ1) is 32.5. The third-order valence-electron chi connectivity index (χ3n) is 6.69. The van der Waals surface area contributed by atoms with Crippen molar-refractivity contribution in [1.29, 1.82) is 0 Å². The number of amides is 2. The van der Waals surface area contributed by atoms with Crippen molar-refractivity contribution in [3.05, 3.63) is 119 Å². The zero-order valence-corrected chi connectivity index (χ0v) is 25.3. The monoisotopic (exact) mass is 608 g/mol. The lowest BCUT2D eigenvalue weighted by atomic mass is 10.1. The fourth-order valence-electron chi connectivity index (χ4n) is 4.06. The molecule has 0 fully saturated rings. The molecule has 0 aromatic heterocycles. The lowest BCUT2D eigenvalue weighted by Crippen LogP contribution is -2.12. The van der Waals surface area contributed by atoms with E-state index in [-0.39, 0.29) is 23.8 Å². The third kappa shape index (κ3) is 9.79. The molecule has 0 spiro atoms. The number of anilines is 2. The molecule has 0 aliphatic heterocycles. The summed E-state index contributed by atoms with van der Waals surface area (Å²) in [6.07, 6.45) is 3.51. The summed E-state index contributed by atoms with van der Waals surface area (Å²) in [5.41, 5.74) is 2.81. The van der Waals surface area contributed by atoms with E-state index in [1.165, 1.54) is 0 Å². The number of carbonyl (C=O) groups is 4. The normalized spacial score (nSPS) is 10.4. The van der Waals surface area contributed by atoms with Crippen molar-refractivity contribution in [3.63, 3.8) is 0 Å². The highest BCUT2D eigenvalue weighted by atomic mass is 16.5. The first-order chi connectivity index (χ1) is 21.9. The van der Waals surface area contributed by atoms with Crippen LogP contribution in [0.4, 0.5) is 11.4 Å². The number of hydrogen-bond donors (Lipinski definition) is 2. The lowest BCUT2D eigenvalue weighted by molar-refractivity contribution is 0.0490. The number of unbranched alkanes of at least 4 members (excludes halogenated alkanes) is 2. The lowest BCUT2D eigenvalue weighted by Gasteiger charge is -2.10. The smallest absolute Gasteiger partial charge is 0.338 e. The summed E-state index contributed by atoms with van der Waals surface area (Å²) in [6.45, 7) is 4.81. The highest BCUT2D eigenvalue weighted by Gasteiger charge is 2.12. The van der Waals surface area contributed by atoms with Crippen molar-refractivity contribution in [2.75, 3.05) is 23.8 Å². The number of esters is 2. The molecule has 0 aliphatic carbocycles. The van der Waals surface area contributed by atoms with Crippen molar-refractivity contribution >= 4 is 35.1 Å². The summed E-state index contributed by atoms with van der Waals surface area (Å²) in [7, 11) is 0. The zero-order chi connectivity index (χ0) is 32.0. The second-order valence-electron chi connectivity index (χ2n) is 10.2. The van der Waals surface area contributed by atoms with Crippen LogP contribution in [0.25, 0.3) is 0 Å². The Hall–Kier alpha value is -5.44. The van der Waals surface area contributed by atoms with Crippen LogP contribution in [0.5, 0.6) is 11.5 Å². The summed E-state index contributed by atoms with van der Waals surface area (Å²) in [5, 5.41) is 5.61. The molecule has 0 atom stereocenters. The summed E-state index contributed by atoms with van der Waals surface area (Å²) in [4.78, 5) is 49.5. The second-order valence-corrected chi connectivity index (χ2v) is 10.2. The fraction of sp³-hybridized carbons (Fsp3) is 0.222. The second kappa shape index (κ2) is 16.4. The van der Waals surface area contributed by atoms with E-state index >= 15 is 0 Å². The Balaban J connectivity index is 1.26. The molecule has 0 heterocycles. The number of hydrogen-bond acceptors (Lipinski definition) is 7. The van der Waals surface area contributed by atoms with Gasteiger partial charge in [-0.2, -0.15) is 0 Å². The maximum absolute atomic E-state index is 12.7. The van der Waals surface area contributed by atoms with Gasteiger partial charge in [-0.1, -0.05) is 26.7 Å². The summed E-state index contributed by atoms with van der Waals surface area (Å²) >= 11 is 0. The van der Waals surface area contributed by atoms with Crippen LogP contribution >= 0.6 is 0 Å². The molecule has 2 amide bonds. The van der Waals surface area contributed by atoms with Crippen LogP contribution in [0.3, 0.4) is 0 Å². The van der Waals surface area contributed by atoms with Crippen LogP contribution in [0, 0.1) is 0 Å².